The third-order valence-electron chi connectivity index (χ3n) is 3.60. The number of carbonyl (C=O) groups is 2. The van der Waals surface area contributed by atoms with Crippen molar-refractivity contribution in [2.24, 2.45) is 5.92 Å². The zero-order valence-corrected chi connectivity index (χ0v) is 13.6. The number of carbonyl (C=O) groups excluding carboxylic acids is 2. The lowest BCUT2D eigenvalue weighted by Gasteiger charge is -2.33. The zero-order chi connectivity index (χ0) is 16.1. The second-order valence-corrected chi connectivity index (χ2v) is 6.06. The fraction of sp³-hybridized carbons (Fsp3) is 0.500. The second-order valence-electron chi connectivity index (χ2n) is 5.62. The van der Waals surface area contributed by atoms with Gasteiger partial charge >= 0.3 is 0 Å². The molecule has 0 saturated carbocycles. The molecule has 5 nitrogen and oxygen atoms in total. The van der Waals surface area contributed by atoms with Gasteiger partial charge in [0.15, 0.2) is 0 Å². The molecule has 1 aromatic carbocycles. The molecule has 1 heterocycles. The molecule has 2 rings (SSSR count). The molecule has 1 aromatic rings. The monoisotopic (exact) mass is 324 g/mol. The van der Waals surface area contributed by atoms with Crippen molar-refractivity contribution in [3.63, 3.8) is 0 Å². The van der Waals surface area contributed by atoms with Crippen LogP contribution in [0.15, 0.2) is 24.3 Å². The molecule has 0 radical (unpaired) electrons. The van der Waals surface area contributed by atoms with Crippen LogP contribution in [0.4, 0.5) is 0 Å². The maximum atomic E-state index is 12.2. The number of halogens is 1. The highest BCUT2D eigenvalue weighted by atomic mass is 35.5. The summed E-state index contributed by atoms with van der Waals surface area (Å²) in [6.45, 7) is 5.14. The Morgan fingerprint density at radius 2 is 2.05 bits per heavy atom. The van der Waals surface area contributed by atoms with E-state index in [2.05, 4.69) is 5.32 Å². The molecule has 1 fully saturated rings. The summed E-state index contributed by atoms with van der Waals surface area (Å²) in [5.74, 6) is -0.327. The topological polar surface area (TPSA) is 58.6 Å². The standard InChI is InChI=1S/C16H21ClN2O3/c1-11(2)16(21)18-9-15(20)19-7-8-22-14(10-19)12-3-5-13(17)6-4-12/h3-6,11,14H,7-10H2,1-2H3,(H,18,21)/t14-/m1/s1. The van der Waals surface area contributed by atoms with Crippen LogP contribution in [0, 0.1) is 5.92 Å². The van der Waals surface area contributed by atoms with Crippen molar-refractivity contribution in [2.45, 2.75) is 20.0 Å². The summed E-state index contributed by atoms with van der Waals surface area (Å²) in [6.07, 6.45) is -0.157. The summed E-state index contributed by atoms with van der Waals surface area (Å²) in [7, 11) is 0. The van der Waals surface area contributed by atoms with Gasteiger partial charge in [0.1, 0.15) is 6.10 Å². The van der Waals surface area contributed by atoms with Crippen LogP contribution in [-0.2, 0) is 14.3 Å². The maximum Gasteiger partial charge on any atom is 0.242 e. The number of morpholine rings is 1. The van der Waals surface area contributed by atoms with Crippen LogP contribution >= 0.6 is 11.6 Å². The van der Waals surface area contributed by atoms with Gasteiger partial charge in [-0.2, -0.15) is 0 Å². The van der Waals surface area contributed by atoms with E-state index in [9.17, 15) is 9.59 Å². The Kier molecular flexibility index (Phi) is 5.80. The van der Waals surface area contributed by atoms with Crippen molar-refractivity contribution >= 4 is 23.4 Å². The molecular formula is C16H21ClN2O3. The van der Waals surface area contributed by atoms with Crippen LogP contribution in [0.5, 0.6) is 0 Å². The van der Waals surface area contributed by atoms with Crippen molar-refractivity contribution in [3.05, 3.63) is 34.9 Å². The molecule has 120 valence electrons. The number of amides is 2. The van der Waals surface area contributed by atoms with Gasteiger partial charge in [-0.25, -0.2) is 0 Å². The van der Waals surface area contributed by atoms with Crippen LogP contribution in [0.3, 0.4) is 0 Å². The van der Waals surface area contributed by atoms with Crippen molar-refractivity contribution in [1.29, 1.82) is 0 Å². The van der Waals surface area contributed by atoms with E-state index in [-0.39, 0.29) is 30.4 Å². The maximum absolute atomic E-state index is 12.2. The minimum Gasteiger partial charge on any atom is -0.370 e. The van der Waals surface area contributed by atoms with Gasteiger partial charge < -0.3 is 15.0 Å². The summed E-state index contributed by atoms with van der Waals surface area (Å²) in [5.41, 5.74) is 0.994. The summed E-state index contributed by atoms with van der Waals surface area (Å²) in [5, 5.41) is 3.32. The van der Waals surface area contributed by atoms with Crippen LogP contribution in [-0.4, -0.2) is 43.0 Å². The van der Waals surface area contributed by atoms with Crippen molar-refractivity contribution in [2.75, 3.05) is 26.2 Å². The quantitative estimate of drug-likeness (QED) is 0.921. The third-order valence-corrected chi connectivity index (χ3v) is 3.85. The molecule has 1 saturated heterocycles. The largest absolute Gasteiger partial charge is 0.370 e. The molecule has 2 amide bonds. The molecule has 1 aliphatic rings. The van der Waals surface area contributed by atoms with Crippen LogP contribution < -0.4 is 5.32 Å². The Hall–Kier alpha value is -1.59. The van der Waals surface area contributed by atoms with Gasteiger partial charge in [-0.15, -0.1) is 0 Å². The highest BCUT2D eigenvalue weighted by molar-refractivity contribution is 6.30. The Morgan fingerprint density at radius 1 is 1.36 bits per heavy atom. The van der Waals surface area contributed by atoms with Gasteiger partial charge in [0.2, 0.25) is 11.8 Å². The number of ether oxygens (including phenoxy) is 1. The molecule has 1 N–H and O–H groups in total. The number of nitrogens with zero attached hydrogens (tertiary/aromatic N) is 1. The van der Waals surface area contributed by atoms with E-state index in [1.807, 2.05) is 24.3 Å². The molecule has 1 atom stereocenters. The van der Waals surface area contributed by atoms with Gasteiger partial charge in [0.05, 0.1) is 19.7 Å². The molecule has 0 unspecified atom stereocenters. The number of benzene rings is 1. The first kappa shape index (κ1) is 16.8. The van der Waals surface area contributed by atoms with Gasteiger partial charge in [-0.1, -0.05) is 37.6 Å². The van der Waals surface area contributed by atoms with E-state index in [4.69, 9.17) is 16.3 Å². The van der Waals surface area contributed by atoms with Crippen LogP contribution in [0.1, 0.15) is 25.5 Å². The smallest absolute Gasteiger partial charge is 0.242 e. The first-order valence-corrected chi connectivity index (χ1v) is 7.77. The summed E-state index contributed by atoms with van der Waals surface area (Å²) in [6, 6.07) is 7.43. The molecule has 0 bridgehead atoms. The summed E-state index contributed by atoms with van der Waals surface area (Å²) < 4.78 is 5.72. The van der Waals surface area contributed by atoms with E-state index in [0.717, 1.165) is 5.56 Å². The minimum absolute atomic E-state index is 0.0321. The lowest BCUT2D eigenvalue weighted by Crippen LogP contribution is -2.47. The van der Waals surface area contributed by atoms with Crippen LogP contribution in [0.2, 0.25) is 5.02 Å². The number of rotatable bonds is 4. The lowest BCUT2D eigenvalue weighted by atomic mass is 10.1. The van der Waals surface area contributed by atoms with Crippen LogP contribution in [0.25, 0.3) is 0 Å². The van der Waals surface area contributed by atoms with E-state index >= 15 is 0 Å². The average Bonchev–Trinajstić information content (AvgIpc) is 2.53. The summed E-state index contributed by atoms with van der Waals surface area (Å²) in [4.78, 5) is 25.4. The van der Waals surface area contributed by atoms with Gasteiger partial charge in [-0.3, -0.25) is 9.59 Å². The molecule has 0 aromatic heterocycles. The highest BCUT2D eigenvalue weighted by Gasteiger charge is 2.25. The van der Waals surface area contributed by atoms with E-state index in [0.29, 0.717) is 24.7 Å². The number of hydrogen-bond acceptors (Lipinski definition) is 3. The molecule has 22 heavy (non-hydrogen) atoms. The minimum atomic E-state index is -0.157. The zero-order valence-electron chi connectivity index (χ0n) is 12.8. The Morgan fingerprint density at radius 3 is 2.68 bits per heavy atom. The molecule has 0 aliphatic carbocycles. The van der Waals surface area contributed by atoms with E-state index in [1.54, 1.807) is 18.7 Å². The predicted molar refractivity (Wildman–Crippen MR) is 84.6 cm³/mol. The third kappa shape index (κ3) is 4.45. The molecule has 0 spiro atoms. The van der Waals surface area contributed by atoms with Crippen molar-refractivity contribution < 1.29 is 14.3 Å². The second kappa shape index (κ2) is 7.61. The molecular weight excluding hydrogens is 304 g/mol. The van der Waals surface area contributed by atoms with Crippen molar-refractivity contribution in [1.82, 2.24) is 10.2 Å². The Bertz CT molecular complexity index is 531. The number of hydrogen-bond donors (Lipinski definition) is 1. The summed E-state index contributed by atoms with van der Waals surface area (Å²) >= 11 is 5.88. The van der Waals surface area contributed by atoms with Crippen molar-refractivity contribution in [3.8, 4) is 0 Å². The fourth-order valence-corrected chi connectivity index (χ4v) is 2.36. The Labute approximate surface area is 135 Å². The highest BCUT2D eigenvalue weighted by Crippen LogP contribution is 2.23. The average molecular weight is 325 g/mol. The fourth-order valence-electron chi connectivity index (χ4n) is 2.23. The van der Waals surface area contributed by atoms with Gasteiger partial charge in [0, 0.05) is 17.5 Å². The van der Waals surface area contributed by atoms with Gasteiger partial charge in [-0.05, 0) is 17.7 Å². The Balaban J connectivity index is 1.91. The first-order chi connectivity index (χ1) is 10.5. The van der Waals surface area contributed by atoms with Gasteiger partial charge in [0.25, 0.3) is 0 Å². The van der Waals surface area contributed by atoms with E-state index < -0.39 is 0 Å². The molecule has 1 aliphatic heterocycles. The van der Waals surface area contributed by atoms with E-state index in [1.165, 1.54) is 0 Å². The predicted octanol–water partition coefficient (Wildman–Crippen LogP) is 2.01. The first-order valence-electron chi connectivity index (χ1n) is 7.40. The lowest BCUT2D eigenvalue weighted by molar-refractivity contribution is -0.139. The molecule has 6 heteroatoms. The number of nitrogens with one attached hydrogen (secondary N) is 1. The SMILES string of the molecule is CC(C)C(=O)NCC(=O)N1CCO[C@@H](c2ccc(Cl)cc2)C1. The normalized spacial score (nSPS) is 18.4.